The zero-order valence-corrected chi connectivity index (χ0v) is 10.8. The molecule has 0 aliphatic carbocycles. The lowest BCUT2D eigenvalue weighted by Gasteiger charge is -2.37. The van der Waals surface area contributed by atoms with E-state index in [1.165, 1.54) is 30.5 Å². The largest absolute Gasteiger partial charge is 0.362 e. The summed E-state index contributed by atoms with van der Waals surface area (Å²) < 4.78 is 1.88. The molecule has 0 N–H and O–H groups in total. The molecule has 1 saturated heterocycles. The van der Waals surface area contributed by atoms with Crippen molar-refractivity contribution in [1.29, 1.82) is 0 Å². The Morgan fingerprint density at radius 3 is 2.72 bits per heavy atom. The minimum absolute atomic E-state index is 0.504. The molecule has 0 bridgehead atoms. The van der Waals surface area contributed by atoms with E-state index in [9.17, 15) is 0 Å². The average Bonchev–Trinajstić information content (AvgIpc) is 2.86. The maximum Gasteiger partial charge on any atom is 0.0757 e. The third-order valence-electron chi connectivity index (χ3n) is 3.71. The molecule has 0 saturated carbocycles. The van der Waals surface area contributed by atoms with Crippen molar-refractivity contribution in [1.82, 2.24) is 9.78 Å². The van der Waals surface area contributed by atoms with Crippen LogP contribution in [0.1, 0.15) is 30.9 Å². The van der Waals surface area contributed by atoms with Crippen molar-refractivity contribution in [2.75, 3.05) is 11.4 Å². The van der Waals surface area contributed by atoms with Crippen LogP contribution in [0.25, 0.3) is 0 Å². The molecule has 1 aliphatic rings. The van der Waals surface area contributed by atoms with Crippen molar-refractivity contribution in [3.8, 4) is 0 Å². The molecule has 1 aliphatic heterocycles. The van der Waals surface area contributed by atoms with Crippen LogP contribution in [-0.4, -0.2) is 16.3 Å². The minimum atomic E-state index is 0.504. The Balaban J connectivity index is 1.91. The van der Waals surface area contributed by atoms with Crippen LogP contribution in [0.3, 0.4) is 0 Å². The molecular formula is C15H19N3. The zero-order valence-electron chi connectivity index (χ0n) is 10.8. The molecule has 1 aromatic carbocycles. The van der Waals surface area contributed by atoms with E-state index in [0.29, 0.717) is 6.04 Å². The first kappa shape index (κ1) is 11.3. The Morgan fingerprint density at radius 2 is 2.00 bits per heavy atom. The SMILES string of the molecule is Cn1cc(N2CCCCC2c2ccccc2)cn1. The van der Waals surface area contributed by atoms with Gasteiger partial charge in [-0.3, -0.25) is 4.68 Å². The number of aryl methyl sites for hydroxylation is 1. The standard InChI is InChI=1S/C15H19N3/c1-17-12-14(11-16-17)18-10-6-5-9-15(18)13-7-3-2-4-8-13/h2-4,7-8,11-12,15H,5-6,9-10H2,1H3. The summed E-state index contributed by atoms with van der Waals surface area (Å²) in [5.74, 6) is 0. The topological polar surface area (TPSA) is 21.1 Å². The van der Waals surface area contributed by atoms with Crippen molar-refractivity contribution in [3.63, 3.8) is 0 Å². The number of benzene rings is 1. The Morgan fingerprint density at radius 1 is 1.17 bits per heavy atom. The van der Waals surface area contributed by atoms with Crippen LogP contribution in [0.5, 0.6) is 0 Å². The van der Waals surface area contributed by atoms with Crippen LogP contribution >= 0.6 is 0 Å². The molecule has 3 rings (SSSR count). The number of hydrogen-bond acceptors (Lipinski definition) is 2. The Labute approximate surface area is 108 Å². The molecule has 18 heavy (non-hydrogen) atoms. The van der Waals surface area contributed by atoms with Crippen LogP contribution in [0.15, 0.2) is 42.7 Å². The second-order valence-corrected chi connectivity index (χ2v) is 4.99. The maximum absolute atomic E-state index is 4.29. The van der Waals surface area contributed by atoms with E-state index in [2.05, 4.69) is 46.5 Å². The minimum Gasteiger partial charge on any atom is -0.362 e. The fraction of sp³-hybridized carbons (Fsp3) is 0.400. The van der Waals surface area contributed by atoms with Crippen LogP contribution in [-0.2, 0) is 7.05 Å². The number of rotatable bonds is 2. The molecule has 0 radical (unpaired) electrons. The summed E-state index contributed by atoms with van der Waals surface area (Å²) in [5, 5.41) is 4.29. The average molecular weight is 241 g/mol. The second kappa shape index (κ2) is 4.84. The summed E-state index contributed by atoms with van der Waals surface area (Å²) in [7, 11) is 1.98. The highest BCUT2D eigenvalue weighted by molar-refractivity contribution is 5.46. The monoisotopic (exact) mass is 241 g/mol. The predicted octanol–water partition coefficient (Wildman–Crippen LogP) is 3.15. The number of anilines is 1. The normalized spacial score (nSPS) is 20.1. The predicted molar refractivity (Wildman–Crippen MR) is 73.6 cm³/mol. The van der Waals surface area contributed by atoms with E-state index in [1.54, 1.807) is 0 Å². The molecule has 3 heteroatoms. The van der Waals surface area contributed by atoms with Gasteiger partial charge in [0.1, 0.15) is 0 Å². The number of nitrogens with zero attached hydrogens (tertiary/aromatic N) is 3. The van der Waals surface area contributed by atoms with Gasteiger partial charge in [-0.05, 0) is 24.8 Å². The van der Waals surface area contributed by atoms with E-state index in [0.717, 1.165) is 6.54 Å². The van der Waals surface area contributed by atoms with Crippen LogP contribution in [0.4, 0.5) is 5.69 Å². The summed E-state index contributed by atoms with van der Waals surface area (Å²) in [6, 6.07) is 11.3. The molecule has 3 nitrogen and oxygen atoms in total. The molecule has 1 fully saturated rings. The summed E-state index contributed by atoms with van der Waals surface area (Å²) >= 11 is 0. The van der Waals surface area contributed by atoms with E-state index >= 15 is 0 Å². The first-order valence-corrected chi connectivity index (χ1v) is 6.65. The summed E-state index contributed by atoms with van der Waals surface area (Å²) in [4.78, 5) is 2.49. The van der Waals surface area contributed by atoms with Crippen molar-refractivity contribution in [3.05, 3.63) is 48.3 Å². The van der Waals surface area contributed by atoms with Gasteiger partial charge in [0.15, 0.2) is 0 Å². The van der Waals surface area contributed by atoms with Gasteiger partial charge in [0, 0.05) is 19.8 Å². The van der Waals surface area contributed by atoms with E-state index < -0.39 is 0 Å². The van der Waals surface area contributed by atoms with Gasteiger partial charge in [0.25, 0.3) is 0 Å². The van der Waals surface area contributed by atoms with Gasteiger partial charge in [-0.15, -0.1) is 0 Å². The van der Waals surface area contributed by atoms with Gasteiger partial charge in [-0.25, -0.2) is 0 Å². The van der Waals surface area contributed by atoms with Gasteiger partial charge in [-0.2, -0.15) is 5.10 Å². The second-order valence-electron chi connectivity index (χ2n) is 4.99. The maximum atomic E-state index is 4.29. The number of hydrogen-bond donors (Lipinski definition) is 0. The Bertz CT molecular complexity index is 503. The van der Waals surface area contributed by atoms with Gasteiger partial charge in [0.2, 0.25) is 0 Å². The Kier molecular flexibility index (Phi) is 3.05. The first-order valence-electron chi connectivity index (χ1n) is 6.65. The van der Waals surface area contributed by atoms with Crippen LogP contribution < -0.4 is 4.90 Å². The fourth-order valence-corrected chi connectivity index (χ4v) is 2.82. The molecule has 1 atom stereocenters. The third kappa shape index (κ3) is 2.13. The van der Waals surface area contributed by atoms with E-state index in [4.69, 9.17) is 0 Å². The van der Waals surface area contributed by atoms with Gasteiger partial charge < -0.3 is 4.90 Å². The molecule has 0 spiro atoms. The highest BCUT2D eigenvalue weighted by Crippen LogP contribution is 2.34. The molecule has 2 heterocycles. The van der Waals surface area contributed by atoms with Crippen molar-refractivity contribution in [2.45, 2.75) is 25.3 Å². The zero-order chi connectivity index (χ0) is 12.4. The lowest BCUT2D eigenvalue weighted by molar-refractivity contribution is 0.473. The lowest BCUT2D eigenvalue weighted by Crippen LogP contribution is -2.33. The molecular weight excluding hydrogens is 222 g/mol. The van der Waals surface area contributed by atoms with Crippen molar-refractivity contribution < 1.29 is 0 Å². The first-order chi connectivity index (χ1) is 8.84. The molecule has 2 aromatic rings. The van der Waals surface area contributed by atoms with Crippen LogP contribution in [0, 0.1) is 0 Å². The molecule has 94 valence electrons. The van der Waals surface area contributed by atoms with Crippen LogP contribution in [0.2, 0.25) is 0 Å². The quantitative estimate of drug-likeness (QED) is 0.805. The van der Waals surface area contributed by atoms with E-state index in [-0.39, 0.29) is 0 Å². The van der Waals surface area contributed by atoms with Crippen molar-refractivity contribution >= 4 is 5.69 Å². The Hall–Kier alpha value is -1.77. The fourth-order valence-electron chi connectivity index (χ4n) is 2.82. The highest BCUT2D eigenvalue weighted by atomic mass is 15.3. The lowest BCUT2D eigenvalue weighted by atomic mass is 9.95. The number of aromatic nitrogens is 2. The highest BCUT2D eigenvalue weighted by Gasteiger charge is 2.24. The summed E-state index contributed by atoms with van der Waals surface area (Å²) in [5.41, 5.74) is 2.66. The van der Waals surface area contributed by atoms with Gasteiger partial charge in [-0.1, -0.05) is 30.3 Å². The van der Waals surface area contributed by atoms with Gasteiger partial charge in [0.05, 0.1) is 17.9 Å². The summed E-state index contributed by atoms with van der Waals surface area (Å²) in [6.07, 6.45) is 7.91. The van der Waals surface area contributed by atoms with Gasteiger partial charge >= 0.3 is 0 Å². The third-order valence-corrected chi connectivity index (χ3v) is 3.71. The van der Waals surface area contributed by atoms with E-state index in [1.807, 2.05) is 17.9 Å². The van der Waals surface area contributed by atoms with Crippen molar-refractivity contribution in [2.24, 2.45) is 7.05 Å². The molecule has 1 aromatic heterocycles. The molecule has 1 unspecified atom stereocenters. The number of piperidine rings is 1. The smallest absolute Gasteiger partial charge is 0.0757 e. The summed E-state index contributed by atoms with van der Waals surface area (Å²) in [6.45, 7) is 1.13. The molecule has 0 amide bonds.